The van der Waals surface area contributed by atoms with Crippen molar-refractivity contribution in [1.29, 1.82) is 5.26 Å². The van der Waals surface area contributed by atoms with Crippen LogP contribution in [0.1, 0.15) is 0 Å². The number of hydrogen-bond donors (Lipinski definition) is 1. The van der Waals surface area contributed by atoms with E-state index in [1.54, 1.807) is 30.3 Å². The zero-order valence-corrected chi connectivity index (χ0v) is 8.62. The molecule has 0 saturated heterocycles. The molecule has 1 rings (SSSR count). The van der Waals surface area contributed by atoms with Gasteiger partial charge in [0.25, 0.3) is 5.91 Å². The molecule has 6 heteroatoms. The molecule has 0 aliphatic heterocycles. The van der Waals surface area contributed by atoms with Crippen LogP contribution in [0.2, 0.25) is 0 Å². The normalized spacial score (nSPS) is 12.0. The highest BCUT2D eigenvalue weighted by atomic mass is 16.5. The second-order valence-electron chi connectivity index (χ2n) is 2.82. The fourth-order valence-corrected chi connectivity index (χ4v) is 0.979. The molecule has 0 radical (unpaired) electrons. The SMILES string of the molecule is COc1ccccc1N=NC(C#N)C(N)=O. The highest BCUT2D eigenvalue weighted by Gasteiger charge is 2.12. The molecule has 6 nitrogen and oxygen atoms in total. The number of carbonyl (C=O) groups excluding carboxylic acids is 1. The average Bonchev–Trinajstić information content (AvgIpc) is 2.30. The van der Waals surface area contributed by atoms with Crippen molar-refractivity contribution in [3.05, 3.63) is 24.3 Å². The predicted molar refractivity (Wildman–Crippen MR) is 56.1 cm³/mol. The van der Waals surface area contributed by atoms with Gasteiger partial charge in [-0.1, -0.05) is 12.1 Å². The van der Waals surface area contributed by atoms with E-state index in [1.165, 1.54) is 7.11 Å². The molecule has 82 valence electrons. The highest BCUT2D eigenvalue weighted by Crippen LogP contribution is 2.26. The van der Waals surface area contributed by atoms with Crippen LogP contribution in [0.15, 0.2) is 34.5 Å². The van der Waals surface area contributed by atoms with Gasteiger partial charge in [-0.15, -0.1) is 0 Å². The second kappa shape index (κ2) is 5.46. The van der Waals surface area contributed by atoms with E-state index < -0.39 is 11.9 Å². The molecule has 0 aliphatic rings. The Labute approximate surface area is 92.3 Å². The topological polar surface area (TPSA) is 101 Å². The van der Waals surface area contributed by atoms with Gasteiger partial charge in [-0.05, 0) is 12.1 Å². The molecule has 0 heterocycles. The van der Waals surface area contributed by atoms with E-state index in [0.29, 0.717) is 11.4 Å². The summed E-state index contributed by atoms with van der Waals surface area (Å²) < 4.78 is 5.02. The Morgan fingerprint density at radius 1 is 1.56 bits per heavy atom. The Bertz CT molecular complexity index is 450. The Balaban J connectivity index is 2.92. The van der Waals surface area contributed by atoms with E-state index in [2.05, 4.69) is 10.2 Å². The number of nitrogens with two attached hydrogens (primary N) is 1. The quantitative estimate of drug-likeness (QED) is 0.767. The lowest BCUT2D eigenvalue weighted by molar-refractivity contribution is -0.118. The molecule has 0 spiro atoms. The molecule has 0 fully saturated rings. The maximum Gasteiger partial charge on any atom is 0.258 e. The van der Waals surface area contributed by atoms with Crippen LogP contribution in [-0.4, -0.2) is 19.1 Å². The first-order valence-corrected chi connectivity index (χ1v) is 4.42. The van der Waals surface area contributed by atoms with Gasteiger partial charge in [0.05, 0.1) is 7.11 Å². The van der Waals surface area contributed by atoms with Crippen molar-refractivity contribution in [2.75, 3.05) is 7.11 Å². The lowest BCUT2D eigenvalue weighted by atomic mass is 10.3. The van der Waals surface area contributed by atoms with E-state index in [9.17, 15) is 4.79 Å². The number of para-hydroxylation sites is 1. The summed E-state index contributed by atoms with van der Waals surface area (Å²) in [5, 5.41) is 15.8. The van der Waals surface area contributed by atoms with Crippen LogP contribution >= 0.6 is 0 Å². The van der Waals surface area contributed by atoms with E-state index in [4.69, 9.17) is 15.7 Å². The molecule has 0 saturated carbocycles. The number of hydrogen-bond acceptors (Lipinski definition) is 5. The third-order valence-corrected chi connectivity index (χ3v) is 1.76. The first-order valence-electron chi connectivity index (χ1n) is 4.42. The Kier molecular flexibility index (Phi) is 3.98. The average molecular weight is 218 g/mol. The summed E-state index contributed by atoms with van der Waals surface area (Å²) in [5.41, 5.74) is 5.37. The lowest BCUT2D eigenvalue weighted by Gasteiger charge is -2.02. The van der Waals surface area contributed by atoms with Crippen molar-refractivity contribution < 1.29 is 9.53 Å². The summed E-state index contributed by atoms with van der Waals surface area (Å²) >= 11 is 0. The molecular weight excluding hydrogens is 208 g/mol. The molecule has 0 aromatic heterocycles. The van der Waals surface area contributed by atoms with Gasteiger partial charge in [-0.3, -0.25) is 4.79 Å². The van der Waals surface area contributed by atoms with E-state index >= 15 is 0 Å². The molecule has 1 amide bonds. The lowest BCUT2D eigenvalue weighted by Crippen LogP contribution is -2.24. The maximum atomic E-state index is 10.7. The van der Waals surface area contributed by atoms with Gasteiger partial charge in [-0.2, -0.15) is 15.5 Å². The number of amides is 1. The van der Waals surface area contributed by atoms with Gasteiger partial charge in [0.15, 0.2) is 0 Å². The monoisotopic (exact) mass is 218 g/mol. The van der Waals surface area contributed by atoms with Crippen LogP contribution in [0.4, 0.5) is 5.69 Å². The second-order valence-corrected chi connectivity index (χ2v) is 2.82. The van der Waals surface area contributed by atoms with Gasteiger partial charge >= 0.3 is 0 Å². The van der Waals surface area contributed by atoms with Crippen molar-refractivity contribution in [2.45, 2.75) is 6.04 Å². The summed E-state index contributed by atoms with van der Waals surface area (Å²) in [5.74, 6) is -0.325. The van der Waals surface area contributed by atoms with Crippen LogP contribution < -0.4 is 10.5 Å². The number of rotatable bonds is 4. The Hall–Kier alpha value is -2.42. The number of carbonyl (C=O) groups is 1. The smallest absolute Gasteiger partial charge is 0.258 e. The molecular formula is C10H10N4O2. The molecule has 16 heavy (non-hydrogen) atoms. The van der Waals surface area contributed by atoms with Gasteiger partial charge in [0.2, 0.25) is 6.04 Å². The van der Waals surface area contributed by atoms with Crippen LogP contribution in [-0.2, 0) is 4.79 Å². The van der Waals surface area contributed by atoms with Crippen molar-refractivity contribution >= 4 is 11.6 Å². The maximum absolute atomic E-state index is 10.7. The summed E-state index contributed by atoms with van der Waals surface area (Å²) in [7, 11) is 1.49. The van der Waals surface area contributed by atoms with E-state index in [0.717, 1.165) is 0 Å². The number of ether oxygens (including phenoxy) is 1. The molecule has 1 aromatic carbocycles. The number of nitrogens with zero attached hydrogens (tertiary/aromatic N) is 3. The summed E-state index contributed by atoms with van der Waals surface area (Å²) in [6.45, 7) is 0. The number of nitriles is 1. The Morgan fingerprint density at radius 2 is 2.25 bits per heavy atom. The zero-order chi connectivity index (χ0) is 12.0. The van der Waals surface area contributed by atoms with Crippen molar-refractivity contribution in [3.63, 3.8) is 0 Å². The minimum Gasteiger partial charge on any atom is -0.494 e. The van der Waals surface area contributed by atoms with Crippen molar-refractivity contribution in [3.8, 4) is 11.8 Å². The van der Waals surface area contributed by atoms with Gasteiger partial charge in [0.1, 0.15) is 17.5 Å². The predicted octanol–water partition coefficient (Wildman–Crippen LogP) is 1.16. The number of azo groups is 1. The van der Waals surface area contributed by atoms with Crippen molar-refractivity contribution in [1.82, 2.24) is 0 Å². The molecule has 1 unspecified atom stereocenters. The molecule has 0 aliphatic carbocycles. The standard InChI is InChI=1S/C10H10N4O2/c1-16-9-5-3-2-4-7(9)13-14-8(6-11)10(12)15/h2-5,8H,1H3,(H2,12,15). The van der Waals surface area contributed by atoms with Gasteiger partial charge < -0.3 is 10.5 Å². The minimum absolute atomic E-state index is 0.437. The third-order valence-electron chi connectivity index (χ3n) is 1.76. The number of benzene rings is 1. The first kappa shape index (κ1) is 11.7. The fourth-order valence-electron chi connectivity index (χ4n) is 0.979. The third kappa shape index (κ3) is 2.78. The van der Waals surface area contributed by atoms with Crippen molar-refractivity contribution in [2.24, 2.45) is 16.0 Å². The highest BCUT2D eigenvalue weighted by molar-refractivity contribution is 5.82. The Morgan fingerprint density at radius 3 is 2.81 bits per heavy atom. The zero-order valence-electron chi connectivity index (χ0n) is 8.62. The van der Waals surface area contributed by atoms with E-state index in [1.807, 2.05) is 0 Å². The van der Waals surface area contributed by atoms with Gasteiger partial charge in [-0.25, -0.2) is 0 Å². The van der Waals surface area contributed by atoms with E-state index in [-0.39, 0.29) is 0 Å². The number of primary amides is 1. The van der Waals surface area contributed by atoms with Crippen LogP contribution in [0, 0.1) is 11.3 Å². The molecule has 0 bridgehead atoms. The summed E-state index contributed by atoms with van der Waals surface area (Å²) in [6.07, 6.45) is 0. The summed E-state index contributed by atoms with van der Waals surface area (Å²) in [4.78, 5) is 10.7. The molecule has 1 aromatic rings. The minimum atomic E-state index is -1.27. The summed E-state index contributed by atoms with van der Waals surface area (Å²) in [6, 6.07) is 7.22. The molecule has 2 N–H and O–H groups in total. The number of methoxy groups -OCH3 is 1. The van der Waals surface area contributed by atoms with Gasteiger partial charge in [0, 0.05) is 0 Å². The largest absolute Gasteiger partial charge is 0.494 e. The van der Waals surface area contributed by atoms with Crippen LogP contribution in [0.5, 0.6) is 5.75 Å². The van der Waals surface area contributed by atoms with Crippen LogP contribution in [0.25, 0.3) is 0 Å². The fraction of sp³-hybridized carbons (Fsp3) is 0.200. The first-order chi connectivity index (χ1) is 7.69. The van der Waals surface area contributed by atoms with Crippen LogP contribution in [0.3, 0.4) is 0 Å². The molecule has 1 atom stereocenters.